The Balaban J connectivity index is 2.33. The van der Waals surface area contributed by atoms with Crippen molar-refractivity contribution in [2.45, 2.75) is 4.90 Å². The lowest BCUT2D eigenvalue weighted by molar-refractivity contribution is 0.0600. The molecule has 2 aromatic rings. The Morgan fingerprint density at radius 2 is 1.62 bits per heavy atom. The second kappa shape index (κ2) is 7.22. The Morgan fingerprint density at radius 1 is 0.917 bits per heavy atom. The van der Waals surface area contributed by atoms with E-state index < -0.39 is 16.1 Å². The number of hydrogen-bond acceptors (Lipinski definition) is 7. The lowest BCUT2D eigenvalue weighted by Crippen LogP contribution is -2.11. The van der Waals surface area contributed by atoms with Crippen molar-refractivity contribution in [2.24, 2.45) is 0 Å². The number of carbonyl (C=O) groups is 1. The smallest absolute Gasteiger partial charge is 0.339 e. The predicted octanol–water partition coefficient (Wildman–Crippen LogP) is 2.26. The molecule has 0 N–H and O–H groups in total. The number of ether oxygens (including phenoxy) is 3. The second-order valence-electron chi connectivity index (χ2n) is 4.57. The summed E-state index contributed by atoms with van der Waals surface area (Å²) in [7, 11) is -0.0323. The third kappa shape index (κ3) is 3.77. The van der Waals surface area contributed by atoms with Gasteiger partial charge in [-0.1, -0.05) is 6.07 Å². The van der Waals surface area contributed by atoms with Crippen LogP contribution in [0.25, 0.3) is 0 Å². The van der Waals surface area contributed by atoms with Gasteiger partial charge in [-0.3, -0.25) is 0 Å². The molecule has 0 saturated carbocycles. The molecule has 0 fully saturated rings. The van der Waals surface area contributed by atoms with Crippen LogP contribution in [0.3, 0.4) is 0 Å². The van der Waals surface area contributed by atoms with Crippen molar-refractivity contribution in [3.05, 3.63) is 48.0 Å². The topological polar surface area (TPSA) is 88.1 Å². The fourth-order valence-electron chi connectivity index (χ4n) is 1.94. The van der Waals surface area contributed by atoms with Gasteiger partial charge in [-0.15, -0.1) is 0 Å². The van der Waals surface area contributed by atoms with E-state index in [0.29, 0.717) is 5.75 Å². The Bertz CT molecular complexity index is 843. The van der Waals surface area contributed by atoms with Gasteiger partial charge in [-0.25, -0.2) is 4.79 Å². The quantitative estimate of drug-likeness (QED) is 0.582. The molecular formula is C16H16O7S. The van der Waals surface area contributed by atoms with Crippen molar-refractivity contribution in [1.29, 1.82) is 0 Å². The Morgan fingerprint density at radius 3 is 2.25 bits per heavy atom. The predicted molar refractivity (Wildman–Crippen MR) is 85.1 cm³/mol. The van der Waals surface area contributed by atoms with Crippen molar-refractivity contribution in [3.8, 4) is 17.2 Å². The Hall–Kier alpha value is -2.74. The van der Waals surface area contributed by atoms with Crippen molar-refractivity contribution in [1.82, 2.24) is 0 Å². The van der Waals surface area contributed by atoms with Crippen LogP contribution in [0.15, 0.2) is 47.4 Å². The van der Waals surface area contributed by atoms with E-state index in [9.17, 15) is 13.2 Å². The molecule has 0 aliphatic rings. The molecule has 0 saturated heterocycles. The van der Waals surface area contributed by atoms with Gasteiger partial charge in [-0.05, 0) is 30.3 Å². The zero-order valence-corrected chi connectivity index (χ0v) is 14.1. The highest BCUT2D eigenvalue weighted by Gasteiger charge is 2.20. The highest BCUT2D eigenvalue weighted by Crippen LogP contribution is 2.30. The third-order valence-corrected chi connectivity index (χ3v) is 4.35. The Labute approximate surface area is 139 Å². The SMILES string of the molecule is COC(=O)c1cccc(OS(=O)(=O)c2ccc(OC)c(OC)c2)c1. The number of methoxy groups -OCH3 is 3. The van der Waals surface area contributed by atoms with Crippen LogP contribution in [0, 0.1) is 0 Å². The molecule has 0 spiro atoms. The average Bonchev–Trinajstić information content (AvgIpc) is 2.60. The van der Waals surface area contributed by atoms with Gasteiger partial charge in [0.2, 0.25) is 0 Å². The minimum Gasteiger partial charge on any atom is -0.493 e. The number of hydrogen-bond donors (Lipinski definition) is 0. The zero-order chi connectivity index (χ0) is 17.7. The summed E-state index contributed by atoms with van der Waals surface area (Å²) in [4.78, 5) is 11.4. The minimum atomic E-state index is -4.11. The van der Waals surface area contributed by atoms with E-state index in [-0.39, 0.29) is 22.0 Å². The van der Waals surface area contributed by atoms with Crippen LogP contribution in [0.5, 0.6) is 17.2 Å². The van der Waals surface area contributed by atoms with Gasteiger partial charge in [0.15, 0.2) is 11.5 Å². The van der Waals surface area contributed by atoms with Crippen molar-refractivity contribution >= 4 is 16.1 Å². The fourth-order valence-corrected chi connectivity index (χ4v) is 2.88. The molecule has 0 heterocycles. The molecule has 2 aromatic carbocycles. The summed E-state index contributed by atoms with van der Waals surface area (Å²) in [6, 6.07) is 9.77. The van der Waals surface area contributed by atoms with Crippen molar-refractivity contribution in [2.75, 3.05) is 21.3 Å². The summed E-state index contributed by atoms with van der Waals surface area (Å²) in [5.74, 6) is 0.0475. The lowest BCUT2D eigenvalue weighted by atomic mass is 10.2. The van der Waals surface area contributed by atoms with Crippen molar-refractivity contribution in [3.63, 3.8) is 0 Å². The molecule has 24 heavy (non-hydrogen) atoms. The van der Waals surface area contributed by atoms with Crippen LogP contribution in [0.2, 0.25) is 0 Å². The van der Waals surface area contributed by atoms with Crippen LogP contribution < -0.4 is 13.7 Å². The van der Waals surface area contributed by atoms with E-state index in [1.807, 2.05) is 0 Å². The summed E-state index contributed by atoms with van der Waals surface area (Å²) in [5, 5.41) is 0. The highest BCUT2D eigenvalue weighted by molar-refractivity contribution is 7.87. The third-order valence-electron chi connectivity index (χ3n) is 3.10. The summed E-state index contributed by atoms with van der Waals surface area (Å²) in [6.07, 6.45) is 0. The van der Waals surface area contributed by atoms with Crippen LogP contribution in [-0.4, -0.2) is 35.7 Å². The van der Waals surface area contributed by atoms with Gasteiger partial charge in [0, 0.05) is 6.07 Å². The maximum absolute atomic E-state index is 12.4. The number of esters is 1. The van der Waals surface area contributed by atoms with Crippen molar-refractivity contribution < 1.29 is 31.6 Å². The molecule has 0 aromatic heterocycles. The Kier molecular flexibility index (Phi) is 5.30. The molecule has 0 radical (unpaired) electrons. The molecule has 128 valence electrons. The first kappa shape index (κ1) is 17.6. The molecule has 2 rings (SSSR count). The van der Waals surface area contributed by atoms with E-state index in [1.165, 1.54) is 63.8 Å². The van der Waals surface area contributed by atoms with Gasteiger partial charge in [0.25, 0.3) is 0 Å². The molecule has 0 bridgehead atoms. The van der Waals surface area contributed by atoms with Crippen LogP contribution >= 0.6 is 0 Å². The van der Waals surface area contributed by atoms with Gasteiger partial charge in [0.05, 0.1) is 26.9 Å². The molecule has 0 aliphatic carbocycles. The lowest BCUT2D eigenvalue weighted by Gasteiger charge is -2.11. The number of carbonyl (C=O) groups excluding carboxylic acids is 1. The van der Waals surface area contributed by atoms with E-state index >= 15 is 0 Å². The number of rotatable bonds is 6. The first-order chi connectivity index (χ1) is 11.4. The fraction of sp³-hybridized carbons (Fsp3) is 0.188. The molecule has 7 nitrogen and oxygen atoms in total. The van der Waals surface area contributed by atoms with Gasteiger partial charge in [-0.2, -0.15) is 8.42 Å². The monoisotopic (exact) mass is 352 g/mol. The molecular weight excluding hydrogens is 336 g/mol. The van der Waals surface area contributed by atoms with Gasteiger partial charge >= 0.3 is 16.1 Å². The summed E-state index contributed by atoms with van der Waals surface area (Å²) >= 11 is 0. The van der Waals surface area contributed by atoms with Crippen LogP contribution in [0.4, 0.5) is 0 Å². The molecule has 8 heteroatoms. The molecule has 0 unspecified atom stereocenters. The highest BCUT2D eigenvalue weighted by atomic mass is 32.2. The molecule has 0 aliphatic heterocycles. The minimum absolute atomic E-state index is 0.00677. The maximum Gasteiger partial charge on any atom is 0.339 e. The standard InChI is InChI=1S/C16H16O7S/c1-20-14-8-7-13(10-15(14)21-2)24(18,19)23-12-6-4-5-11(9-12)16(17)22-3/h4-10H,1-3H3. The van der Waals surface area contributed by atoms with Crippen LogP contribution in [-0.2, 0) is 14.9 Å². The van der Waals surface area contributed by atoms with Gasteiger partial charge < -0.3 is 18.4 Å². The van der Waals surface area contributed by atoms with E-state index in [2.05, 4.69) is 4.74 Å². The first-order valence-corrected chi connectivity index (χ1v) is 8.17. The first-order valence-electron chi connectivity index (χ1n) is 6.76. The largest absolute Gasteiger partial charge is 0.493 e. The summed E-state index contributed by atoms with van der Waals surface area (Å²) in [5.41, 5.74) is 0.178. The van der Waals surface area contributed by atoms with E-state index in [4.69, 9.17) is 13.7 Å². The maximum atomic E-state index is 12.4. The summed E-state index contributed by atoms with van der Waals surface area (Å²) < 4.78 is 44.6. The van der Waals surface area contributed by atoms with E-state index in [1.54, 1.807) is 0 Å². The number of benzene rings is 2. The molecule has 0 amide bonds. The summed E-state index contributed by atoms with van der Waals surface area (Å²) in [6.45, 7) is 0. The van der Waals surface area contributed by atoms with Gasteiger partial charge in [0.1, 0.15) is 10.6 Å². The average molecular weight is 352 g/mol. The molecule has 0 atom stereocenters. The van der Waals surface area contributed by atoms with E-state index in [0.717, 1.165) is 0 Å². The van der Waals surface area contributed by atoms with Crippen LogP contribution in [0.1, 0.15) is 10.4 Å². The zero-order valence-electron chi connectivity index (χ0n) is 13.3. The second-order valence-corrected chi connectivity index (χ2v) is 6.12. The normalized spacial score (nSPS) is 10.8.